The van der Waals surface area contributed by atoms with Crippen molar-refractivity contribution >= 4 is 18.2 Å². The highest BCUT2D eigenvalue weighted by Gasteiger charge is 2.29. The summed E-state index contributed by atoms with van der Waals surface area (Å²) in [6.45, 7) is 0.617. The Kier molecular flexibility index (Phi) is 6.42. The molecule has 2 atom stereocenters. The average Bonchev–Trinajstić information content (AvgIpc) is 3.09. The number of aliphatic hydroxyl groups is 1. The van der Waals surface area contributed by atoms with Crippen LogP contribution in [0, 0.1) is 0 Å². The van der Waals surface area contributed by atoms with E-state index in [2.05, 4.69) is 29.6 Å². The maximum Gasteiger partial charge on any atom is 0.198 e. The number of carbonyl (C=O) groups is 1. The first kappa shape index (κ1) is 21.6. The number of rotatable bonds is 6. The molecule has 3 aromatic rings. The summed E-state index contributed by atoms with van der Waals surface area (Å²) in [6, 6.07) is 22.2. The molecule has 0 fully saturated rings. The number of benzene rings is 3. The van der Waals surface area contributed by atoms with Gasteiger partial charge in [0.25, 0.3) is 0 Å². The van der Waals surface area contributed by atoms with Gasteiger partial charge in [0.2, 0.25) is 0 Å². The number of halogens is 1. The number of nitrogens with one attached hydrogen (secondary N) is 1. The van der Waals surface area contributed by atoms with Crippen molar-refractivity contribution in [3.8, 4) is 16.9 Å². The zero-order chi connectivity index (χ0) is 20.5. The molecule has 0 radical (unpaired) electrons. The van der Waals surface area contributed by atoms with E-state index in [1.54, 1.807) is 6.07 Å². The van der Waals surface area contributed by atoms with Crippen LogP contribution in [0.5, 0.6) is 5.75 Å². The van der Waals surface area contributed by atoms with Crippen LogP contribution in [0.15, 0.2) is 66.7 Å². The van der Waals surface area contributed by atoms with Gasteiger partial charge in [0.15, 0.2) is 5.78 Å². The fourth-order valence-electron chi connectivity index (χ4n) is 4.58. The predicted molar refractivity (Wildman–Crippen MR) is 124 cm³/mol. The van der Waals surface area contributed by atoms with Gasteiger partial charge < -0.3 is 15.2 Å². The molecule has 2 N–H and O–H groups in total. The molecule has 0 saturated carbocycles. The summed E-state index contributed by atoms with van der Waals surface area (Å²) in [4.78, 5) is 12.8. The van der Waals surface area contributed by atoms with Gasteiger partial charge in [0.1, 0.15) is 18.5 Å². The highest BCUT2D eigenvalue weighted by atomic mass is 35.5. The summed E-state index contributed by atoms with van der Waals surface area (Å²) in [5, 5.41) is 13.9. The standard InChI is InChI=1S/C26H25NO3.ClH/c28-20(15-27-19-13-12-17-6-1-2-7-18(17)14-19)16-30-24-11-5-10-22-21-8-3-4-9-23(21)26(29)25(22)24;/h1-11,19-20,27-28H,12-16H2;1H. The number of carbonyl (C=O) groups excluding carboxylic acids is 1. The van der Waals surface area contributed by atoms with Gasteiger partial charge in [-0.1, -0.05) is 60.7 Å². The molecule has 3 aromatic carbocycles. The van der Waals surface area contributed by atoms with E-state index in [0.717, 1.165) is 30.4 Å². The third-order valence-corrected chi connectivity index (χ3v) is 6.14. The first-order chi connectivity index (χ1) is 14.7. The molecule has 5 rings (SSSR count). The number of aryl methyl sites for hydroxylation is 1. The van der Waals surface area contributed by atoms with Crippen LogP contribution in [-0.4, -0.2) is 36.2 Å². The van der Waals surface area contributed by atoms with Crippen molar-refractivity contribution in [2.45, 2.75) is 31.4 Å². The topological polar surface area (TPSA) is 58.6 Å². The fraction of sp³-hybridized carbons (Fsp3) is 0.269. The molecule has 160 valence electrons. The van der Waals surface area contributed by atoms with E-state index in [0.29, 0.717) is 29.5 Å². The molecule has 0 bridgehead atoms. The lowest BCUT2D eigenvalue weighted by Gasteiger charge is -2.26. The molecule has 2 aliphatic rings. The van der Waals surface area contributed by atoms with Gasteiger partial charge in [-0.2, -0.15) is 0 Å². The Labute approximate surface area is 188 Å². The van der Waals surface area contributed by atoms with Crippen LogP contribution < -0.4 is 10.1 Å². The minimum atomic E-state index is -0.642. The van der Waals surface area contributed by atoms with Gasteiger partial charge in [-0.25, -0.2) is 0 Å². The Morgan fingerprint density at radius 1 is 0.935 bits per heavy atom. The molecule has 4 nitrogen and oxygen atoms in total. The summed E-state index contributed by atoms with van der Waals surface area (Å²) in [5.74, 6) is 0.532. The minimum Gasteiger partial charge on any atom is -0.490 e. The second-order valence-electron chi connectivity index (χ2n) is 8.13. The van der Waals surface area contributed by atoms with Crippen LogP contribution in [0.4, 0.5) is 0 Å². The van der Waals surface area contributed by atoms with E-state index in [-0.39, 0.29) is 24.8 Å². The Morgan fingerprint density at radius 2 is 1.65 bits per heavy atom. The average molecular weight is 436 g/mol. The van der Waals surface area contributed by atoms with Crippen LogP contribution in [0.3, 0.4) is 0 Å². The normalized spacial score (nSPS) is 17.2. The van der Waals surface area contributed by atoms with Gasteiger partial charge >= 0.3 is 0 Å². The third-order valence-electron chi connectivity index (χ3n) is 6.14. The van der Waals surface area contributed by atoms with E-state index >= 15 is 0 Å². The number of aliphatic hydroxyl groups excluding tert-OH is 1. The number of hydrogen-bond donors (Lipinski definition) is 2. The SMILES string of the molecule is Cl.O=C1c2ccccc2-c2cccc(OCC(O)CNC3CCc4ccccc4C3)c21. The predicted octanol–water partition coefficient (Wildman–Crippen LogP) is 4.21. The third kappa shape index (κ3) is 4.24. The van der Waals surface area contributed by atoms with Crippen molar-refractivity contribution in [3.05, 3.63) is 89.0 Å². The van der Waals surface area contributed by atoms with E-state index < -0.39 is 6.10 Å². The summed E-state index contributed by atoms with van der Waals surface area (Å²) >= 11 is 0. The maximum absolute atomic E-state index is 12.8. The molecule has 0 aromatic heterocycles. The number of ether oxygens (including phenoxy) is 1. The van der Waals surface area contributed by atoms with Crippen molar-refractivity contribution in [3.63, 3.8) is 0 Å². The summed E-state index contributed by atoms with van der Waals surface area (Å²) < 4.78 is 5.90. The van der Waals surface area contributed by atoms with Gasteiger partial charge in [-0.15, -0.1) is 12.4 Å². The van der Waals surface area contributed by atoms with Crippen LogP contribution in [0.25, 0.3) is 11.1 Å². The summed E-state index contributed by atoms with van der Waals surface area (Å²) in [5.41, 5.74) is 5.99. The summed E-state index contributed by atoms with van der Waals surface area (Å²) in [7, 11) is 0. The Balaban J connectivity index is 0.00000231. The molecule has 0 heterocycles. The molecule has 2 aliphatic carbocycles. The van der Waals surface area contributed by atoms with Crippen LogP contribution in [-0.2, 0) is 12.8 Å². The van der Waals surface area contributed by atoms with Gasteiger partial charge in [0, 0.05) is 18.2 Å². The van der Waals surface area contributed by atoms with E-state index in [4.69, 9.17) is 4.74 Å². The molecule has 5 heteroatoms. The second-order valence-corrected chi connectivity index (χ2v) is 8.13. The van der Waals surface area contributed by atoms with Crippen LogP contribution >= 0.6 is 12.4 Å². The number of ketones is 1. The first-order valence-corrected chi connectivity index (χ1v) is 10.6. The Morgan fingerprint density at radius 3 is 2.48 bits per heavy atom. The van der Waals surface area contributed by atoms with Crippen LogP contribution in [0.1, 0.15) is 33.5 Å². The van der Waals surface area contributed by atoms with Gasteiger partial charge in [-0.05, 0) is 47.6 Å². The smallest absolute Gasteiger partial charge is 0.198 e. The molecular weight excluding hydrogens is 410 g/mol. The van der Waals surface area contributed by atoms with Crippen molar-refractivity contribution in [2.24, 2.45) is 0 Å². The monoisotopic (exact) mass is 435 g/mol. The molecular formula is C26H26ClNO3. The maximum atomic E-state index is 12.8. The van der Waals surface area contributed by atoms with Crippen molar-refractivity contribution in [1.29, 1.82) is 0 Å². The van der Waals surface area contributed by atoms with E-state index in [1.165, 1.54) is 11.1 Å². The lowest BCUT2D eigenvalue weighted by atomic mass is 9.88. The van der Waals surface area contributed by atoms with Crippen molar-refractivity contribution in [1.82, 2.24) is 5.32 Å². The Bertz CT molecular complexity index is 1100. The zero-order valence-electron chi connectivity index (χ0n) is 17.2. The van der Waals surface area contributed by atoms with Crippen molar-refractivity contribution in [2.75, 3.05) is 13.2 Å². The zero-order valence-corrected chi connectivity index (χ0v) is 18.0. The second kappa shape index (κ2) is 9.23. The molecule has 0 aliphatic heterocycles. The fourth-order valence-corrected chi connectivity index (χ4v) is 4.58. The lowest BCUT2D eigenvalue weighted by Crippen LogP contribution is -2.40. The molecule has 0 amide bonds. The van der Waals surface area contributed by atoms with Crippen molar-refractivity contribution < 1.29 is 14.6 Å². The first-order valence-electron chi connectivity index (χ1n) is 10.6. The molecule has 2 unspecified atom stereocenters. The van der Waals surface area contributed by atoms with E-state index in [1.807, 2.05) is 36.4 Å². The van der Waals surface area contributed by atoms with E-state index in [9.17, 15) is 9.90 Å². The Hall–Kier alpha value is -2.66. The minimum absolute atomic E-state index is 0. The number of fused-ring (bicyclic) bond motifs is 4. The van der Waals surface area contributed by atoms with Gasteiger partial charge in [-0.3, -0.25) is 4.79 Å². The summed E-state index contributed by atoms with van der Waals surface area (Å²) in [6.07, 6.45) is 2.49. The largest absolute Gasteiger partial charge is 0.490 e. The highest BCUT2D eigenvalue weighted by molar-refractivity contribution is 6.23. The highest BCUT2D eigenvalue weighted by Crippen LogP contribution is 2.40. The van der Waals surface area contributed by atoms with Crippen LogP contribution in [0.2, 0.25) is 0 Å². The quantitative estimate of drug-likeness (QED) is 0.476. The molecule has 0 saturated heterocycles. The van der Waals surface area contributed by atoms with Gasteiger partial charge in [0.05, 0.1) is 5.56 Å². The lowest BCUT2D eigenvalue weighted by molar-refractivity contribution is 0.0978. The number of hydrogen-bond acceptors (Lipinski definition) is 4. The molecule has 0 spiro atoms. The molecule has 31 heavy (non-hydrogen) atoms.